The number of hydrazine groups is 1. The number of amidine groups is 1. The van der Waals surface area contributed by atoms with Crippen molar-refractivity contribution >= 4 is 66.6 Å². The molecule has 0 unspecified atom stereocenters. The number of hydrogen-bond donors (Lipinski definition) is 3. The summed E-state index contributed by atoms with van der Waals surface area (Å²) in [6.07, 6.45) is 8.10. The molecule has 1 fully saturated rings. The number of amides is 2. The largest absolute Gasteiger partial charge is 0.439 e. The molecule has 248 valence electrons. The maximum atomic E-state index is 13.6. The fourth-order valence-corrected chi connectivity index (χ4v) is 5.53. The van der Waals surface area contributed by atoms with Gasteiger partial charge in [-0.1, -0.05) is 18.2 Å². The van der Waals surface area contributed by atoms with Crippen molar-refractivity contribution in [2.24, 2.45) is 9.98 Å². The van der Waals surface area contributed by atoms with Crippen LogP contribution in [0.5, 0.6) is 5.75 Å². The number of nitrogens with zero attached hydrogens (tertiary/aromatic N) is 5. The molecule has 2 aliphatic rings. The highest BCUT2D eigenvalue weighted by Crippen LogP contribution is 2.39. The van der Waals surface area contributed by atoms with Crippen LogP contribution in [0, 0.1) is 11.3 Å². The van der Waals surface area contributed by atoms with Crippen LogP contribution in [-0.4, -0.2) is 57.9 Å². The van der Waals surface area contributed by atoms with Crippen LogP contribution in [0.25, 0.3) is 0 Å². The van der Waals surface area contributed by atoms with Crippen LogP contribution in [0.4, 0.5) is 22.7 Å². The van der Waals surface area contributed by atoms with Crippen molar-refractivity contribution < 1.29 is 40.5 Å². The molecule has 0 bridgehead atoms. The van der Waals surface area contributed by atoms with E-state index in [0.29, 0.717) is 16.9 Å². The molecule has 49 heavy (non-hydrogen) atoms. The third kappa shape index (κ3) is 8.13. The van der Waals surface area contributed by atoms with Crippen molar-refractivity contribution in [3.05, 3.63) is 108 Å². The summed E-state index contributed by atoms with van der Waals surface area (Å²) in [7, 11) is -8.31. The van der Waals surface area contributed by atoms with Crippen LogP contribution in [0.2, 0.25) is 0 Å². The molecule has 1 saturated heterocycles. The first-order chi connectivity index (χ1) is 23.3. The van der Waals surface area contributed by atoms with Crippen molar-refractivity contribution in [2.75, 3.05) is 22.7 Å². The zero-order chi connectivity index (χ0) is 35.3. The third-order valence-electron chi connectivity index (χ3n) is 6.62. The van der Waals surface area contributed by atoms with Gasteiger partial charge in [0, 0.05) is 6.07 Å². The molecule has 0 atom stereocenters. The van der Waals surface area contributed by atoms with Crippen molar-refractivity contribution in [1.29, 1.82) is 5.26 Å². The Morgan fingerprint density at radius 2 is 1.76 bits per heavy atom. The van der Waals surface area contributed by atoms with Gasteiger partial charge in [-0.25, -0.2) is 23.2 Å². The zero-order valence-electron chi connectivity index (χ0n) is 25.1. The molecule has 0 spiro atoms. The van der Waals surface area contributed by atoms with Crippen LogP contribution < -0.4 is 24.8 Å². The SMILES string of the molecule is CS(=O)(=O)NC(=O)CN1C(=CC=CC=C2C(=O)N(c3ccc(S(=O)(=O)O)cc3)NC2=Nc2cccc(N=C=O)c2)Oc2cc(C#N)ccc21. The fraction of sp³-hybridized carbons (Fsp3) is 0.0645. The number of anilines is 2. The van der Waals surface area contributed by atoms with E-state index < -0.39 is 38.5 Å². The molecule has 3 N–H and O–H groups in total. The number of sulfonamides is 1. The topological polar surface area (TPSA) is 228 Å². The lowest BCUT2D eigenvalue weighted by atomic mass is 10.2. The number of allylic oxidation sites excluding steroid dienone is 4. The number of nitrogens with one attached hydrogen (secondary N) is 2. The summed E-state index contributed by atoms with van der Waals surface area (Å²) in [5, 5.41) is 10.4. The molecule has 5 rings (SSSR count). The molecule has 0 radical (unpaired) electrons. The van der Waals surface area contributed by atoms with Gasteiger partial charge in [0.1, 0.15) is 6.54 Å². The molecule has 0 aliphatic carbocycles. The second kappa shape index (κ2) is 13.8. The number of hydrogen-bond acceptors (Lipinski definition) is 12. The van der Waals surface area contributed by atoms with E-state index in [-0.39, 0.29) is 39.3 Å². The van der Waals surface area contributed by atoms with Gasteiger partial charge in [-0.15, -0.1) is 0 Å². The van der Waals surface area contributed by atoms with Crippen LogP contribution in [0.3, 0.4) is 0 Å². The average molecular weight is 702 g/mol. The normalized spacial score (nSPS) is 16.8. The molecule has 2 aliphatic heterocycles. The highest BCUT2D eigenvalue weighted by molar-refractivity contribution is 7.89. The number of fused-ring (bicyclic) bond motifs is 1. The van der Waals surface area contributed by atoms with E-state index in [0.717, 1.165) is 23.4 Å². The Kier molecular flexibility index (Phi) is 9.55. The van der Waals surface area contributed by atoms with Crippen molar-refractivity contribution in [2.45, 2.75) is 4.90 Å². The summed E-state index contributed by atoms with van der Waals surface area (Å²) in [4.78, 5) is 45.9. The van der Waals surface area contributed by atoms with Gasteiger partial charge in [0.05, 0.1) is 51.1 Å². The number of nitriles is 1. The molecular formula is C31H23N7O9S2. The second-order valence-corrected chi connectivity index (χ2v) is 13.3. The summed E-state index contributed by atoms with van der Waals surface area (Å²) in [5.74, 6) is -0.991. The van der Waals surface area contributed by atoms with Gasteiger partial charge in [0.2, 0.25) is 22.0 Å². The first kappa shape index (κ1) is 34.0. The van der Waals surface area contributed by atoms with E-state index in [9.17, 15) is 41.0 Å². The number of ether oxygens (including phenoxy) is 1. The van der Waals surface area contributed by atoms with E-state index in [1.54, 1.807) is 24.3 Å². The van der Waals surface area contributed by atoms with Gasteiger partial charge in [-0.05, 0) is 66.7 Å². The van der Waals surface area contributed by atoms with Crippen LogP contribution in [0.15, 0.2) is 117 Å². The maximum Gasteiger partial charge on any atom is 0.294 e. The Morgan fingerprint density at radius 3 is 2.43 bits per heavy atom. The highest BCUT2D eigenvalue weighted by Gasteiger charge is 2.33. The lowest BCUT2D eigenvalue weighted by Crippen LogP contribution is -2.38. The highest BCUT2D eigenvalue weighted by atomic mass is 32.2. The minimum Gasteiger partial charge on any atom is -0.439 e. The summed E-state index contributed by atoms with van der Waals surface area (Å²) in [5.41, 5.74) is 4.42. The van der Waals surface area contributed by atoms with E-state index in [1.807, 2.05) is 10.8 Å². The average Bonchev–Trinajstić information content (AvgIpc) is 3.53. The van der Waals surface area contributed by atoms with E-state index in [2.05, 4.69) is 15.4 Å². The standard InChI is InChI=1S/C31H23N7O9S2/c1-48(42,43)36-28(40)18-37-26-14-9-20(17-32)15-27(26)47-29(37)8-3-2-7-25-30(34-22-6-4-5-21(16-22)33-19-39)35-38(31(25)41)23-10-12-24(13-11-23)49(44,45)46/h2-16H,18H2,1H3,(H,34,35)(H,36,40)(H,44,45,46). The first-order valence-electron chi connectivity index (χ1n) is 13.8. The Bertz CT molecular complexity index is 2300. The first-order valence-corrected chi connectivity index (χ1v) is 17.1. The molecule has 0 saturated carbocycles. The molecule has 2 amide bonds. The quantitative estimate of drug-likeness (QED) is 0.127. The van der Waals surface area contributed by atoms with E-state index >= 15 is 0 Å². The number of aliphatic imine (C=N–C) groups is 2. The predicted octanol–water partition coefficient (Wildman–Crippen LogP) is 2.65. The monoisotopic (exact) mass is 701 g/mol. The molecular weight excluding hydrogens is 679 g/mol. The van der Waals surface area contributed by atoms with Gasteiger partial charge in [0.15, 0.2) is 11.6 Å². The van der Waals surface area contributed by atoms with Gasteiger partial charge in [-0.3, -0.25) is 29.2 Å². The molecule has 16 nitrogen and oxygen atoms in total. The lowest BCUT2D eigenvalue weighted by Gasteiger charge is -2.17. The Balaban J connectivity index is 1.49. The molecule has 3 aromatic carbocycles. The van der Waals surface area contributed by atoms with Crippen LogP contribution >= 0.6 is 0 Å². The summed E-state index contributed by atoms with van der Waals surface area (Å²) >= 11 is 0. The second-order valence-electron chi connectivity index (χ2n) is 10.2. The Morgan fingerprint density at radius 1 is 1.04 bits per heavy atom. The van der Waals surface area contributed by atoms with Gasteiger partial charge < -0.3 is 4.74 Å². The number of benzene rings is 3. The van der Waals surface area contributed by atoms with Crippen LogP contribution in [0.1, 0.15) is 5.56 Å². The molecule has 0 aromatic heterocycles. The van der Waals surface area contributed by atoms with Gasteiger partial charge >= 0.3 is 0 Å². The number of carbonyl (C=O) groups is 2. The van der Waals surface area contributed by atoms with Gasteiger partial charge in [0.25, 0.3) is 21.9 Å². The van der Waals surface area contributed by atoms with Gasteiger partial charge in [-0.2, -0.15) is 18.7 Å². The third-order valence-corrected chi connectivity index (χ3v) is 8.08. The van der Waals surface area contributed by atoms with E-state index in [4.69, 9.17) is 4.74 Å². The zero-order valence-corrected chi connectivity index (χ0v) is 26.8. The molecule has 3 aromatic rings. The number of carbonyl (C=O) groups excluding carboxylic acids is 3. The minimum absolute atomic E-state index is 0.0523. The Labute approximate surface area is 279 Å². The van der Waals surface area contributed by atoms with Crippen molar-refractivity contribution in [3.8, 4) is 11.8 Å². The molecule has 18 heteroatoms. The minimum atomic E-state index is -4.48. The number of isocyanates is 1. The summed E-state index contributed by atoms with van der Waals surface area (Å²) in [6.45, 7) is -0.440. The maximum absolute atomic E-state index is 13.6. The summed E-state index contributed by atoms with van der Waals surface area (Å²) < 4.78 is 63.2. The Hall–Kier alpha value is -6.38. The lowest BCUT2D eigenvalue weighted by molar-refractivity contribution is -0.118. The molecule has 2 heterocycles. The fourth-order valence-electron chi connectivity index (χ4n) is 4.57. The van der Waals surface area contributed by atoms with Crippen molar-refractivity contribution in [3.63, 3.8) is 0 Å². The summed E-state index contributed by atoms with van der Waals surface area (Å²) in [6, 6.07) is 17.6. The van der Waals surface area contributed by atoms with Crippen molar-refractivity contribution in [1.82, 2.24) is 10.1 Å². The smallest absolute Gasteiger partial charge is 0.294 e. The van der Waals surface area contributed by atoms with E-state index in [1.165, 1.54) is 65.6 Å². The van der Waals surface area contributed by atoms with Crippen LogP contribution in [-0.2, 0) is 34.5 Å². The number of rotatable bonds is 9. The predicted molar refractivity (Wildman–Crippen MR) is 176 cm³/mol.